The van der Waals surface area contributed by atoms with Crippen LogP contribution in [0.2, 0.25) is 0 Å². The molecule has 0 unspecified atom stereocenters. The van der Waals surface area contributed by atoms with E-state index in [0.29, 0.717) is 11.5 Å². The van der Waals surface area contributed by atoms with Crippen LogP contribution in [0.15, 0.2) is 49.4 Å². The molecule has 1 N–H and O–H groups in total. The van der Waals surface area contributed by atoms with E-state index >= 15 is 0 Å². The fraction of sp³-hybridized carbons (Fsp3) is 0. The summed E-state index contributed by atoms with van der Waals surface area (Å²) in [4.78, 5) is 15.2. The van der Waals surface area contributed by atoms with Gasteiger partial charge in [-0.15, -0.1) is 0 Å². The van der Waals surface area contributed by atoms with Gasteiger partial charge in [0.25, 0.3) is 0 Å². The minimum Gasteiger partial charge on any atom is -0.321 e. The van der Waals surface area contributed by atoms with E-state index in [1.165, 1.54) is 6.08 Å². The van der Waals surface area contributed by atoms with Crippen LogP contribution in [0.25, 0.3) is 5.82 Å². The van der Waals surface area contributed by atoms with Gasteiger partial charge in [0.1, 0.15) is 0 Å². The minimum absolute atomic E-state index is 0.256. The van der Waals surface area contributed by atoms with Crippen LogP contribution in [0.5, 0.6) is 0 Å². The third-order valence-corrected chi connectivity index (χ3v) is 1.94. The lowest BCUT2D eigenvalue weighted by Crippen LogP contribution is -2.08. The minimum atomic E-state index is -0.256. The summed E-state index contributed by atoms with van der Waals surface area (Å²) in [6, 6.07) is 5.34. The molecule has 2 aromatic heterocycles. The van der Waals surface area contributed by atoms with Gasteiger partial charge in [0.05, 0.1) is 11.9 Å². The van der Waals surface area contributed by atoms with E-state index < -0.39 is 0 Å². The summed E-state index contributed by atoms with van der Waals surface area (Å²) in [7, 11) is 0. The summed E-state index contributed by atoms with van der Waals surface area (Å²) in [5.74, 6) is 0.440. The summed E-state index contributed by atoms with van der Waals surface area (Å²) < 4.78 is 1.64. The van der Waals surface area contributed by atoms with Gasteiger partial charge in [-0.2, -0.15) is 5.10 Å². The standard InChI is InChI=1S/C11H10N4O/c1-2-11(16)14-9-4-5-10(12-8-9)15-7-3-6-13-15/h2-8H,1H2,(H,14,16). The molecule has 0 saturated heterocycles. The molecule has 0 atom stereocenters. The van der Waals surface area contributed by atoms with Crippen molar-refractivity contribution < 1.29 is 4.79 Å². The summed E-state index contributed by atoms with van der Waals surface area (Å²) >= 11 is 0. The zero-order valence-electron chi connectivity index (χ0n) is 8.50. The Morgan fingerprint density at radius 1 is 1.50 bits per heavy atom. The maximum atomic E-state index is 11.0. The highest BCUT2D eigenvalue weighted by atomic mass is 16.1. The van der Waals surface area contributed by atoms with Crippen LogP contribution in [0.3, 0.4) is 0 Å². The zero-order chi connectivity index (χ0) is 11.4. The summed E-state index contributed by atoms with van der Waals surface area (Å²) in [6.45, 7) is 3.37. The molecule has 2 heterocycles. The molecule has 0 aliphatic rings. The van der Waals surface area contributed by atoms with Gasteiger partial charge < -0.3 is 5.32 Å². The third-order valence-electron chi connectivity index (χ3n) is 1.94. The van der Waals surface area contributed by atoms with Crippen molar-refractivity contribution >= 4 is 11.6 Å². The first-order valence-electron chi connectivity index (χ1n) is 4.69. The van der Waals surface area contributed by atoms with E-state index in [4.69, 9.17) is 0 Å². The van der Waals surface area contributed by atoms with E-state index in [2.05, 4.69) is 22.0 Å². The molecular formula is C11H10N4O. The summed E-state index contributed by atoms with van der Waals surface area (Å²) in [5.41, 5.74) is 0.626. The number of anilines is 1. The predicted octanol–water partition coefficient (Wildman–Crippen LogP) is 1.39. The molecule has 0 radical (unpaired) electrons. The number of carbonyl (C=O) groups is 1. The Bertz CT molecular complexity index is 487. The highest BCUT2D eigenvalue weighted by Gasteiger charge is 1.99. The quantitative estimate of drug-likeness (QED) is 0.785. The highest BCUT2D eigenvalue weighted by Crippen LogP contribution is 2.08. The second-order valence-corrected chi connectivity index (χ2v) is 3.05. The van der Waals surface area contributed by atoms with Gasteiger partial charge in [-0.25, -0.2) is 9.67 Å². The van der Waals surface area contributed by atoms with Crippen molar-refractivity contribution in [3.05, 3.63) is 49.4 Å². The first-order chi connectivity index (χ1) is 7.79. The lowest BCUT2D eigenvalue weighted by molar-refractivity contribution is -0.111. The largest absolute Gasteiger partial charge is 0.321 e. The number of nitrogens with zero attached hydrogens (tertiary/aromatic N) is 3. The molecule has 0 aromatic carbocycles. The molecule has 0 aliphatic carbocycles. The van der Waals surface area contributed by atoms with Gasteiger partial charge in [0.15, 0.2) is 5.82 Å². The average Bonchev–Trinajstić information content (AvgIpc) is 2.83. The van der Waals surface area contributed by atoms with Crippen LogP contribution in [0, 0.1) is 0 Å². The van der Waals surface area contributed by atoms with Crippen molar-refractivity contribution in [1.29, 1.82) is 0 Å². The van der Waals surface area contributed by atoms with E-state index in [9.17, 15) is 4.79 Å². The first kappa shape index (κ1) is 10.1. The second kappa shape index (κ2) is 4.39. The Balaban J connectivity index is 2.17. The summed E-state index contributed by atoms with van der Waals surface area (Å²) in [6.07, 6.45) is 6.25. The maximum Gasteiger partial charge on any atom is 0.247 e. The van der Waals surface area contributed by atoms with Crippen LogP contribution >= 0.6 is 0 Å². The van der Waals surface area contributed by atoms with Gasteiger partial charge in [-0.3, -0.25) is 4.79 Å². The zero-order valence-corrected chi connectivity index (χ0v) is 8.50. The topological polar surface area (TPSA) is 59.8 Å². The third kappa shape index (κ3) is 2.14. The maximum absolute atomic E-state index is 11.0. The van der Waals surface area contributed by atoms with Crippen molar-refractivity contribution in [2.45, 2.75) is 0 Å². The number of hydrogen-bond donors (Lipinski definition) is 1. The molecule has 2 aromatic rings. The number of aromatic nitrogens is 3. The Kier molecular flexibility index (Phi) is 2.77. The molecule has 5 nitrogen and oxygen atoms in total. The molecule has 0 bridgehead atoms. The number of nitrogens with one attached hydrogen (secondary N) is 1. The molecule has 2 rings (SSSR count). The second-order valence-electron chi connectivity index (χ2n) is 3.05. The molecule has 0 fully saturated rings. The average molecular weight is 214 g/mol. The van der Waals surface area contributed by atoms with Gasteiger partial charge in [-0.1, -0.05) is 6.58 Å². The SMILES string of the molecule is C=CC(=O)Nc1ccc(-n2cccn2)nc1. The van der Waals surface area contributed by atoms with Crippen molar-refractivity contribution in [2.75, 3.05) is 5.32 Å². The van der Waals surface area contributed by atoms with Gasteiger partial charge >= 0.3 is 0 Å². The first-order valence-corrected chi connectivity index (χ1v) is 4.69. The van der Waals surface area contributed by atoms with E-state index in [1.54, 1.807) is 35.4 Å². The van der Waals surface area contributed by atoms with Crippen LogP contribution in [0.4, 0.5) is 5.69 Å². The molecule has 0 spiro atoms. The number of rotatable bonds is 3. The Morgan fingerprint density at radius 3 is 2.94 bits per heavy atom. The highest BCUT2D eigenvalue weighted by molar-refractivity contribution is 5.98. The van der Waals surface area contributed by atoms with Crippen molar-refractivity contribution in [2.24, 2.45) is 0 Å². The monoisotopic (exact) mass is 214 g/mol. The Labute approximate surface area is 92.4 Å². The van der Waals surface area contributed by atoms with Gasteiger partial charge in [-0.05, 0) is 24.3 Å². The fourth-order valence-corrected chi connectivity index (χ4v) is 1.19. The van der Waals surface area contributed by atoms with E-state index in [0.717, 1.165) is 0 Å². The molecule has 0 aliphatic heterocycles. The molecule has 0 saturated carbocycles. The molecule has 1 amide bonds. The summed E-state index contributed by atoms with van der Waals surface area (Å²) in [5, 5.41) is 6.66. The normalized spacial score (nSPS) is 9.75. The lowest BCUT2D eigenvalue weighted by atomic mass is 10.4. The number of hydrogen-bond acceptors (Lipinski definition) is 3. The number of amides is 1. The number of pyridine rings is 1. The molecule has 5 heteroatoms. The number of carbonyl (C=O) groups excluding carboxylic acids is 1. The van der Waals surface area contributed by atoms with Crippen LogP contribution in [0.1, 0.15) is 0 Å². The van der Waals surface area contributed by atoms with Crippen molar-refractivity contribution in [1.82, 2.24) is 14.8 Å². The van der Waals surface area contributed by atoms with E-state index in [-0.39, 0.29) is 5.91 Å². The molecule has 80 valence electrons. The van der Waals surface area contributed by atoms with Gasteiger partial charge in [0.2, 0.25) is 5.91 Å². The molecule has 16 heavy (non-hydrogen) atoms. The predicted molar refractivity (Wildman–Crippen MR) is 60.2 cm³/mol. The molecular weight excluding hydrogens is 204 g/mol. The van der Waals surface area contributed by atoms with E-state index in [1.807, 2.05) is 6.07 Å². The van der Waals surface area contributed by atoms with Crippen molar-refractivity contribution in [3.63, 3.8) is 0 Å². The van der Waals surface area contributed by atoms with Crippen molar-refractivity contribution in [3.8, 4) is 5.82 Å². The van der Waals surface area contributed by atoms with Crippen LogP contribution < -0.4 is 5.32 Å². The smallest absolute Gasteiger partial charge is 0.247 e. The Hall–Kier alpha value is -2.43. The fourth-order valence-electron chi connectivity index (χ4n) is 1.19. The van der Waals surface area contributed by atoms with Crippen LogP contribution in [-0.4, -0.2) is 20.7 Å². The Morgan fingerprint density at radius 2 is 2.38 bits per heavy atom. The lowest BCUT2D eigenvalue weighted by Gasteiger charge is -2.03. The van der Waals surface area contributed by atoms with Gasteiger partial charge in [0, 0.05) is 12.4 Å². The van der Waals surface area contributed by atoms with Crippen LogP contribution in [-0.2, 0) is 4.79 Å².